The van der Waals surface area contributed by atoms with Crippen molar-refractivity contribution in [1.82, 2.24) is 0 Å². The van der Waals surface area contributed by atoms with Crippen LogP contribution in [-0.4, -0.2) is 5.75 Å². The zero-order valence-electron chi connectivity index (χ0n) is 7.16. The zero-order chi connectivity index (χ0) is 8.81. The van der Waals surface area contributed by atoms with E-state index in [0.29, 0.717) is 0 Å². The maximum atomic E-state index is 4.17. The SMILES string of the molecule is C=Cc1ccc(CCCS)cc1. The lowest BCUT2D eigenvalue weighted by molar-refractivity contribution is 0.936. The predicted octanol–water partition coefficient (Wildman–Crippen LogP) is 3.19. The van der Waals surface area contributed by atoms with Crippen LogP contribution >= 0.6 is 12.6 Å². The van der Waals surface area contributed by atoms with Gasteiger partial charge in [0.25, 0.3) is 0 Å². The Balaban J connectivity index is 2.58. The molecule has 1 aromatic carbocycles. The molecule has 0 aliphatic rings. The summed E-state index contributed by atoms with van der Waals surface area (Å²) in [4.78, 5) is 0. The second-order valence-corrected chi connectivity index (χ2v) is 3.22. The van der Waals surface area contributed by atoms with Crippen molar-refractivity contribution in [2.75, 3.05) is 5.75 Å². The average molecular weight is 178 g/mol. The first kappa shape index (κ1) is 9.40. The maximum Gasteiger partial charge on any atom is -0.00947 e. The molecule has 12 heavy (non-hydrogen) atoms. The van der Waals surface area contributed by atoms with Crippen molar-refractivity contribution in [2.24, 2.45) is 0 Å². The highest BCUT2D eigenvalue weighted by Crippen LogP contribution is 2.07. The van der Waals surface area contributed by atoms with Crippen LogP contribution in [0, 0.1) is 0 Å². The Morgan fingerprint density at radius 1 is 1.25 bits per heavy atom. The normalized spacial score (nSPS) is 9.75. The Morgan fingerprint density at radius 2 is 1.92 bits per heavy atom. The summed E-state index contributed by atoms with van der Waals surface area (Å²) in [6, 6.07) is 8.50. The smallest absolute Gasteiger partial charge is 0.00947 e. The van der Waals surface area contributed by atoms with Crippen LogP contribution < -0.4 is 0 Å². The minimum absolute atomic E-state index is 0.962. The maximum absolute atomic E-state index is 4.17. The predicted molar refractivity (Wildman–Crippen MR) is 58.7 cm³/mol. The van der Waals surface area contributed by atoms with Crippen molar-refractivity contribution in [3.63, 3.8) is 0 Å². The molecule has 0 N–H and O–H groups in total. The van der Waals surface area contributed by atoms with Crippen LogP contribution in [0.1, 0.15) is 17.5 Å². The summed E-state index contributed by atoms with van der Waals surface area (Å²) in [5.74, 6) is 0.962. The third kappa shape index (κ3) is 2.74. The number of benzene rings is 1. The molecule has 0 atom stereocenters. The first-order valence-electron chi connectivity index (χ1n) is 4.19. The van der Waals surface area contributed by atoms with Gasteiger partial charge in [0.2, 0.25) is 0 Å². The molecule has 0 heterocycles. The van der Waals surface area contributed by atoms with Crippen molar-refractivity contribution < 1.29 is 0 Å². The van der Waals surface area contributed by atoms with E-state index in [1.807, 2.05) is 6.08 Å². The minimum Gasteiger partial charge on any atom is -0.179 e. The van der Waals surface area contributed by atoms with Gasteiger partial charge in [0.05, 0.1) is 0 Å². The minimum atomic E-state index is 0.962. The molecule has 0 spiro atoms. The summed E-state index contributed by atoms with van der Waals surface area (Å²) in [6.45, 7) is 3.71. The van der Waals surface area contributed by atoms with Gasteiger partial charge in [-0.2, -0.15) is 12.6 Å². The van der Waals surface area contributed by atoms with Gasteiger partial charge in [0.15, 0.2) is 0 Å². The Labute approximate surface area is 79.7 Å². The van der Waals surface area contributed by atoms with E-state index in [1.165, 1.54) is 11.1 Å². The molecular weight excluding hydrogens is 164 g/mol. The molecule has 1 heteroatoms. The van der Waals surface area contributed by atoms with Crippen molar-refractivity contribution in [3.05, 3.63) is 42.0 Å². The standard InChI is InChI=1S/C11H14S/c1-2-10-5-7-11(8-6-10)4-3-9-12/h2,5-8,12H,1,3-4,9H2. The van der Waals surface area contributed by atoms with Gasteiger partial charge in [0.1, 0.15) is 0 Å². The summed E-state index contributed by atoms with van der Waals surface area (Å²) in [5.41, 5.74) is 2.57. The third-order valence-corrected chi connectivity index (χ3v) is 2.16. The van der Waals surface area contributed by atoms with Crippen LogP contribution in [0.4, 0.5) is 0 Å². The second-order valence-electron chi connectivity index (χ2n) is 2.77. The van der Waals surface area contributed by atoms with E-state index in [1.54, 1.807) is 0 Å². The van der Waals surface area contributed by atoms with Gasteiger partial charge >= 0.3 is 0 Å². The van der Waals surface area contributed by atoms with E-state index in [9.17, 15) is 0 Å². The summed E-state index contributed by atoms with van der Waals surface area (Å²) < 4.78 is 0. The van der Waals surface area contributed by atoms with Crippen molar-refractivity contribution in [2.45, 2.75) is 12.8 Å². The van der Waals surface area contributed by atoms with E-state index in [2.05, 4.69) is 43.5 Å². The van der Waals surface area contributed by atoms with Gasteiger partial charge in [-0.3, -0.25) is 0 Å². The van der Waals surface area contributed by atoms with E-state index < -0.39 is 0 Å². The molecule has 0 aliphatic carbocycles. The second kappa shape index (κ2) is 5.04. The molecule has 0 saturated carbocycles. The van der Waals surface area contributed by atoms with E-state index in [4.69, 9.17) is 0 Å². The van der Waals surface area contributed by atoms with Gasteiger partial charge in [-0.15, -0.1) is 0 Å². The molecule has 0 bridgehead atoms. The molecule has 0 amide bonds. The lowest BCUT2D eigenvalue weighted by Gasteiger charge is -1.99. The van der Waals surface area contributed by atoms with Crippen molar-refractivity contribution in [1.29, 1.82) is 0 Å². The first-order chi connectivity index (χ1) is 5.86. The van der Waals surface area contributed by atoms with Crippen molar-refractivity contribution >= 4 is 18.7 Å². The first-order valence-corrected chi connectivity index (χ1v) is 4.82. The highest BCUT2D eigenvalue weighted by Gasteiger charge is 1.91. The molecule has 0 aromatic heterocycles. The van der Waals surface area contributed by atoms with E-state index in [-0.39, 0.29) is 0 Å². The molecule has 0 saturated heterocycles. The molecule has 1 aromatic rings. The molecule has 0 aliphatic heterocycles. The number of aryl methyl sites for hydroxylation is 1. The quantitative estimate of drug-likeness (QED) is 0.673. The Bertz CT molecular complexity index is 236. The lowest BCUT2D eigenvalue weighted by Crippen LogP contribution is -1.85. The van der Waals surface area contributed by atoms with Crippen LogP contribution in [-0.2, 0) is 6.42 Å². The van der Waals surface area contributed by atoms with Crippen LogP contribution in [0.25, 0.3) is 6.08 Å². The molecule has 64 valence electrons. The average Bonchev–Trinajstić information content (AvgIpc) is 2.15. The van der Waals surface area contributed by atoms with Gasteiger partial charge in [0, 0.05) is 0 Å². The summed E-state index contributed by atoms with van der Waals surface area (Å²) in [7, 11) is 0. The van der Waals surface area contributed by atoms with Gasteiger partial charge in [-0.1, -0.05) is 36.9 Å². The number of thiol groups is 1. The molecule has 0 nitrogen and oxygen atoms in total. The monoisotopic (exact) mass is 178 g/mol. The van der Waals surface area contributed by atoms with Gasteiger partial charge in [-0.25, -0.2) is 0 Å². The Morgan fingerprint density at radius 3 is 2.42 bits per heavy atom. The van der Waals surface area contributed by atoms with Gasteiger partial charge < -0.3 is 0 Å². The summed E-state index contributed by atoms with van der Waals surface area (Å²) in [6.07, 6.45) is 4.14. The summed E-state index contributed by atoms with van der Waals surface area (Å²) >= 11 is 4.17. The van der Waals surface area contributed by atoms with Crippen molar-refractivity contribution in [3.8, 4) is 0 Å². The zero-order valence-corrected chi connectivity index (χ0v) is 8.06. The van der Waals surface area contributed by atoms with E-state index >= 15 is 0 Å². The Hall–Kier alpha value is -0.690. The fourth-order valence-electron chi connectivity index (χ4n) is 1.10. The van der Waals surface area contributed by atoms with Crippen LogP contribution in [0.3, 0.4) is 0 Å². The number of rotatable bonds is 4. The molecule has 0 unspecified atom stereocenters. The molecule has 0 radical (unpaired) electrons. The summed E-state index contributed by atoms with van der Waals surface area (Å²) in [5, 5.41) is 0. The van der Waals surface area contributed by atoms with Crippen LogP contribution in [0.15, 0.2) is 30.8 Å². The fourth-order valence-corrected chi connectivity index (χ4v) is 1.26. The molecule has 1 rings (SSSR count). The Kier molecular flexibility index (Phi) is 3.95. The third-order valence-electron chi connectivity index (χ3n) is 1.84. The van der Waals surface area contributed by atoms with Crippen LogP contribution in [0.2, 0.25) is 0 Å². The van der Waals surface area contributed by atoms with E-state index in [0.717, 1.165) is 18.6 Å². The topological polar surface area (TPSA) is 0 Å². The molecule has 0 fully saturated rings. The lowest BCUT2D eigenvalue weighted by atomic mass is 10.1. The fraction of sp³-hybridized carbons (Fsp3) is 0.273. The highest BCUT2D eigenvalue weighted by molar-refractivity contribution is 7.80. The number of hydrogen-bond acceptors (Lipinski definition) is 1. The van der Waals surface area contributed by atoms with Crippen LogP contribution in [0.5, 0.6) is 0 Å². The molecular formula is C11H14S. The largest absolute Gasteiger partial charge is 0.179 e. The van der Waals surface area contributed by atoms with Gasteiger partial charge in [-0.05, 0) is 29.7 Å². The highest BCUT2D eigenvalue weighted by atomic mass is 32.1. The number of hydrogen-bond donors (Lipinski definition) is 1.